The number of carboxylic acid groups (broad SMARTS) is 1. The van der Waals surface area contributed by atoms with Crippen LogP contribution in [0, 0.1) is 11.8 Å². The van der Waals surface area contributed by atoms with Crippen molar-refractivity contribution in [1.82, 2.24) is 10.9 Å². The van der Waals surface area contributed by atoms with Crippen molar-refractivity contribution in [2.45, 2.75) is 63.6 Å². The zero-order valence-corrected chi connectivity index (χ0v) is 15.7. The molecule has 4 unspecified atom stereocenters. The summed E-state index contributed by atoms with van der Waals surface area (Å²) >= 11 is 0. The molecule has 148 valence electrons. The van der Waals surface area contributed by atoms with Gasteiger partial charge in [-0.1, -0.05) is 37.5 Å². The molecule has 3 rings (SSSR count). The van der Waals surface area contributed by atoms with Gasteiger partial charge in [-0.2, -0.15) is 0 Å². The van der Waals surface area contributed by atoms with Crippen LogP contribution in [0.3, 0.4) is 0 Å². The molecule has 0 aliphatic carbocycles. The first-order valence-electron chi connectivity index (χ1n) is 10.1. The van der Waals surface area contributed by atoms with E-state index in [4.69, 9.17) is 9.84 Å². The van der Waals surface area contributed by atoms with Crippen molar-refractivity contribution < 1.29 is 19.4 Å². The lowest BCUT2D eigenvalue weighted by Gasteiger charge is -2.28. The van der Waals surface area contributed by atoms with Crippen LogP contribution in [0.2, 0.25) is 0 Å². The van der Waals surface area contributed by atoms with Gasteiger partial charge in [0.25, 0.3) is 5.91 Å². The molecule has 1 aromatic rings. The van der Waals surface area contributed by atoms with E-state index in [0.717, 1.165) is 51.5 Å². The summed E-state index contributed by atoms with van der Waals surface area (Å²) in [7, 11) is 0. The van der Waals surface area contributed by atoms with Gasteiger partial charge in [-0.3, -0.25) is 15.0 Å². The molecule has 1 aromatic carbocycles. The molecule has 1 amide bonds. The lowest BCUT2D eigenvalue weighted by atomic mass is 9.76. The molecular formula is C21H30N2O4. The van der Waals surface area contributed by atoms with E-state index in [0.29, 0.717) is 29.6 Å². The fourth-order valence-corrected chi connectivity index (χ4v) is 4.47. The van der Waals surface area contributed by atoms with E-state index >= 15 is 0 Å². The van der Waals surface area contributed by atoms with Crippen molar-refractivity contribution in [3.63, 3.8) is 0 Å². The number of carboxylic acids is 1. The Morgan fingerprint density at radius 3 is 2.44 bits per heavy atom. The Morgan fingerprint density at radius 1 is 1.00 bits per heavy atom. The summed E-state index contributed by atoms with van der Waals surface area (Å²) in [5.41, 5.74) is 6.56. The Labute approximate surface area is 160 Å². The Hall–Kier alpha value is -1.92. The minimum atomic E-state index is -0.708. The standard InChI is InChI=1S/C21H30N2O4/c24-20(25)11-7-2-1-6-10-16-17(19-13-12-18(16)27-19)14-22-23-21(26)15-8-4-3-5-9-15/h3-5,8-9,16-19,22H,1-2,6-7,10-14H2,(H,23,26)(H,24,25). The van der Waals surface area contributed by atoms with Gasteiger partial charge in [0.2, 0.25) is 0 Å². The first-order valence-corrected chi connectivity index (χ1v) is 10.1. The highest BCUT2D eigenvalue weighted by Crippen LogP contribution is 2.45. The van der Waals surface area contributed by atoms with E-state index < -0.39 is 5.97 Å². The van der Waals surface area contributed by atoms with Crippen molar-refractivity contribution >= 4 is 11.9 Å². The number of hydrazine groups is 1. The Balaban J connectivity index is 1.39. The van der Waals surface area contributed by atoms with E-state index in [-0.39, 0.29) is 12.3 Å². The quantitative estimate of drug-likeness (QED) is 0.409. The summed E-state index contributed by atoms with van der Waals surface area (Å²) < 4.78 is 6.12. The van der Waals surface area contributed by atoms with Gasteiger partial charge in [0.05, 0.1) is 12.2 Å². The highest BCUT2D eigenvalue weighted by Gasteiger charge is 2.47. The van der Waals surface area contributed by atoms with E-state index in [2.05, 4.69) is 10.9 Å². The van der Waals surface area contributed by atoms with Crippen LogP contribution < -0.4 is 10.9 Å². The third-order valence-electron chi connectivity index (χ3n) is 5.84. The third-order valence-corrected chi connectivity index (χ3v) is 5.84. The number of nitrogens with one attached hydrogen (secondary N) is 2. The van der Waals surface area contributed by atoms with Crippen molar-refractivity contribution in [3.8, 4) is 0 Å². The predicted molar refractivity (Wildman–Crippen MR) is 102 cm³/mol. The second-order valence-corrected chi connectivity index (χ2v) is 7.67. The fourth-order valence-electron chi connectivity index (χ4n) is 4.47. The van der Waals surface area contributed by atoms with E-state index in [9.17, 15) is 9.59 Å². The Morgan fingerprint density at radius 2 is 1.70 bits per heavy atom. The maximum absolute atomic E-state index is 12.1. The molecule has 2 fully saturated rings. The Kier molecular flexibility index (Phi) is 7.24. The molecular weight excluding hydrogens is 344 g/mol. The van der Waals surface area contributed by atoms with Gasteiger partial charge in [0.1, 0.15) is 0 Å². The van der Waals surface area contributed by atoms with Gasteiger partial charge in [-0.15, -0.1) is 0 Å². The van der Waals surface area contributed by atoms with Crippen LogP contribution in [0.5, 0.6) is 0 Å². The number of fused-ring (bicyclic) bond motifs is 2. The summed E-state index contributed by atoms with van der Waals surface area (Å²) in [6, 6.07) is 9.19. The topological polar surface area (TPSA) is 87.7 Å². The number of unbranched alkanes of at least 4 members (excludes halogenated alkanes) is 3. The van der Waals surface area contributed by atoms with Crippen molar-refractivity contribution in [1.29, 1.82) is 0 Å². The molecule has 0 saturated carbocycles. The van der Waals surface area contributed by atoms with Gasteiger partial charge in [-0.25, -0.2) is 5.43 Å². The molecule has 0 radical (unpaired) electrons. The summed E-state index contributed by atoms with van der Waals surface area (Å²) in [5, 5.41) is 8.69. The van der Waals surface area contributed by atoms with Crippen LogP contribution in [0.25, 0.3) is 0 Å². The molecule has 27 heavy (non-hydrogen) atoms. The number of hydrogen-bond donors (Lipinski definition) is 3. The minimum Gasteiger partial charge on any atom is -0.481 e. The molecule has 2 aliphatic heterocycles. The van der Waals surface area contributed by atoms with Gasteiger partial charge in [-0.05, 0) is 43.7 Å². The average molecular weight is 374 g/mol. The minimum absolute atomic E-state index is 0.116. The molecule has 4 atom stereocenters. The molecule has 2 heterocycles. The number of carbonyl (C=O) groups is 2. The number of amides is 1. The number of rotatable bonds is 11. The first kappa shape index (κ1) is 19.8. The van der Waals surface area contributed by atoms with Crippen LogP contribution in [-0.4, -0.2) is 35.7 Å². The maximum Gasteiger partial charge on any atom is 0.303 e. The van der Waals surface area contributed by atoms with Crippen LogP contribution in [0.4, 0.5) is 0 Å². The van der Waals surface area contributed by atoms with Gasteiger partial charge >= 0.3 is 5.97 Å². The third kappa shape index (κ3) is 5.53. The number of aliphatic carboxylic acids is 1. The van der Waals surface area contributed by atoms with Gasteiger partial charge in [0, 0.05) is 24.4 Å². The summed E-state index contributed by atoms with van der Waals surface area (Å²) in [5.74, 6) is 0.137. The second-order valence-electron chi connectivity index (χ2n) is 7.67. The second kappa shape index (κ2) is 9.85. The first-order chi connectivity index (χ1) is 13.1. The normalized spacial score (nSPS) is 26.2. The average Bonchev–Trinajstić information content (AvgIpc) is 3.27. The lowest BCUT2D eigenvalue weighted by Crippen LogP contribution is -2.44. The smallest absolute Gasteiger partial charge is 0.303 e. The number of carbonyl (C=O) groups excluding carboxylic acids is 1. The van der Waals surface area contributed by atoms with Crippen LogP contribution in [0.15, 0.2) is 30.3 Å². The van der Waals surface area contributed by atoms with Crippen molar-refractivity contribution in [2.75, 3.05) is 6.54 Å². The fraction of sp³-hybridized carbons (Fsp3) is 0.619. The molecule has 6 nitrogen and oxygen atoms in total. The number of ether oxygens (including phenoxy) is 1. The molecule has 6 heteroatoms. The zero-order valence-electron chi connectivity index (χ0n) is 15.7. The highest BCUT2D eigenvalue weighted by molar-refractivity contribution is 5.93. The number of benzene rings is 1. The van der Waals surface area contributed by atoms with Crippen molar-refractivity contribution in [3.05, 3.63) is 35.9 Å². The molecule has 3 N–H and O–H groups in total. The molecule has 2 saturated heterocycles. The summed E-state index contributed by atoms with van der Waals surface area (Å²) in [6.07, 6.45) is 8.22. The van der Waals surface area contributed by atoms with Crippen LogP contribution >= 0.6 is 0 Å². The van der Waals surface area contributed by atoms with Crippen LogP contribution in [-0.2, 0) is 9.53 Å². The summed E-state index contributed by atoms with van der Waals surface area (Å²) in [6.45, 7) is 0.726. The van der Waals surface area contributed by atoms with Gasteiger partial charge in [0.15, 0.2) is 0 Å². The van der Waals surface area contributed by atoms with Gasteiger partial charge < -0.3 is 9.84 Å². The highest BCUT2D eigenvalue weighted by atomic mass is 16.5. The predicted octanol–water partition coefficient (Wildman–Crippen LogP) is 3.14. The van der Waals surface area contributed by atoms with Crippen LogP contribution in [0.1, 0.15) is 61.7 Å². The van der Waals surface area contributed by atoms with E-state index in [1.54, 1.807) is 12.1 Å². The maximum atomic E-state index is 12.1. The monoisotopic (exact) mass is 374 g/mol. The number of hydrogen-bond acceptors (Lipinski definition) is 4. The zero-order chi connectivity index (χ0) is 19.1. The Bertz CT molecular complexity index is 622. The van der Waals surface area contributed by atoms with E-state index in [1.165, 1.54) is 0 Å². The molecule has 2 aliphatic rings. The van der Waals surface area contributed by atoms with Crippen molar-refractivity contribution in [2.24, 2.45) is 11.8 Å². The summed E-state index contributed by atoms with van der Waals surface area (Å²) in [4.78, 5) is 22.7. The molecule has 0 spiro atoms. The largest absolute Gasteiger partial charge is 0.481 e. The van der Waals surface area contributed by atoms with E-state index in [1.807, 2.05) is 18.2 Å². The molecule has 2 bridgehead atoms. The SMILES string of the molecule is O=C(O)CCCCCCC1C2CCC(O2)C1CNNC(=O)c1ccccc1. The lowest BCUT2D eigenvalue weighted by molar-refractivity contribution is -0.137. The molecule has 0 aromatic heterocycles.